The Morgan fingerprint density at radius 2 is 1.69 bits per heavy atom. The van der Waals surface area contributed by atoms with E-state index >= 15 is 0 Å². The standard InChI is InChI=1S/C21H29N3O2/c1-20(9-10-20)19(26)24-14-21(15-24)13-23(12-17(21)11-22(2)3)18(25)16-7-5-4-6-8-16/h4-8,17H,9-15H2,1-3H3. The van der Waals surface area contributed by atoms with Gasteiger partial charge in [-0.1, -0.05) is 25.1 Å². The molecule has 1 aromatic rings. The molecule has 5 nitrogen and oxygen atoms in total. The largest absolute Gasteiger partial charge is 0.341 e. The third-order valence-electron chi connectivity index (χ3n) is 6.52. The fourth-order valence-electron chi connectivity index (χ4n) is 4.64. The Balaban J connectivity index is 1.48. The van der Waals surface area contributed by atoms with E-state index in [2.05, 4.69) is 25.9 Å². The van der Waals surface area contributed by atoms with Crippen molar-refractivity contribution in [1.82, 2.24) is 14.7 Å². The number of benzene rings is 1. The lowest BCUT2D eigenvalue weighted by Crippen LogP contribution is -2.64. The first-order valence-corrected chi connectivity index (χ1v) is 9.61. The van der Waals surface area contributed by atoms with Gasteiger partial charge >= 0.3 is 0 Å². The van der Waals surface area contributed by atoms with Crippen molar-refractivity contribution >= 4 is 11.8 Å². The zero-order valence-corrected chi connectivity index (χ0v) is 16.1. The average Bonchev–Trinajstić information content (AvgIpc) is 3.23. The molecule has 0 bridgehead atoms. The van der Waals surface area contributed by atoms with Crippen LogP contribution in [0.5, 0.6) is 0 Å². The van der Waals surface area contributed by atoms with Gasteiger partial charge in [0.15, 0.2) is 0 Å². The van der Waals surface area contributed by atoms with Crippen molar-refractivity contribution in [2.75, 3.05) is 46.8 Å². The summed E-state index contributed by atoms with van der Waals surface area (Å²) < 4.78 is 0. The second-order valence-corrected chi connectivity index (χ2v) is 9.10. The molecule has 26 heavy (non-hydrogen) atoms. The minimum absolute atomic E-state index is 0.0651. The molecule has 1 saturated carbocycles. The number of rotatable bonds is 4. The molecule has 1 spiro atoms. The van der Waals surface area contributed by atoms with Gasteiger partial charge in [0.05, 0.1) is 0 Å². The first kappa shape index (κ1) is 17.5. The first-order chi connectivity index (χ1) is 12.3. The van der Waals surface area contributed by atoms with Gasteiger partial charge in [0.1, 0.15) is 0 Å². The predicted octanol–water partition coefficient (Wildman–Crippen LogP) is 1.95. The molecule has 0 N–H and O–H groups in total. The van der Waals surface area contributed by atoms with Crippen LogP contribution in [-0.2, 0) is 4.79 Å². The van der Waals surface area contributed by atoms with E-state index in [-0.39, 0.29) is 16.7 Å². The van der Waals surface area contributed by atoms with Gasteiger partial charge in [-0.15, -0.1) is 0 Å². The van der Waals surface area contributed by atoms with Crippen molar-refractivity contribution in [2.45, 2.75) is 19.8 Å². The van der Waals surface area contributed by atoms with Gasteiger partial charge in [0.2, 0.25) is 5.91 Å². The molecule has 140 valence electrons. The van der Waals surface area contributed by atoms with Crippen LogP contribution in [0, 0.1) is 16.7 Å². The lowest BCUT2D eigenvalue weighted by Gasteiger charge is -2.52. The van der Waals surface area contributed by atoms with Gasteiger partial charge in [-0.3, -0.25) is 9.59 Å². The van der Waals surface area contributed by atoms with E-state index < -0.39 is 0 Å². The Morgan fingerprint density at radius 3 is 2.27 bits per heavy atom. The summed E-state index contributed by atoms with van der Waals surface area (Å²) in [4.78, 5) is 31.8. The van der Waals surface area contributed by atoms with Gasteiger partial charge in [-0.2, -0.15) is 0 Å². The highest BCUT2D eigenvalue weighted by atomic mass is 16.2. The predicted molar refractivity (Wildman–Crippen MR) is 101 cm³/mol. The van der Waals surface area contributed by atoms with E-state index in [0.717, 1.165) is 51.1 Å². The molecule has 2 heterocycles. The van der Waals surface area contributed by atoms with Crippen LogP contribution in [0.2, 0.25) is 0 Å². The van der Waals surface area contributed by atoms with Crippen molar-refractivity contribution in [3.8, 4) is 0 Å². The van der Waals surface area contributed by atoms with E-state index in [1.807, 2.05) is 40.1 Å². The van der Waals surface area contributed by atoms with Crippen LogP contribution in [0.25, 0.3) is 0 Å². The topological polar surface area (TPSA) is 43.9 Å². The van der Waals surface area contributed by atoms with Gasteiger partial charge in [-0.25, -0.2) is 0 Å². The zero-order chi connectivity index (χ0) is 18.5. The fourth-order valence-corrected chi connectivity index (χ4v) is 4.64. The van der Waals surface area contributed by atoms with Crippen LogP contribution in [0.4, 0.5) is 0 Å². The molecule has 3 fully saturated rings. The summed E-state index contributed by atoms with van der Waals surface area (Å²) in [5.74, 6) is 0.853. The fraction of sp³-hybridized carbons (Fsp3) is 0.619. The van der Waals surface area contributed by atoms with Crippen LogP contribution in [-0.4, -0.2) is 73.3 Å². The maximum atomic E-state index is 12.9. The molecule has 1 unspecified atom stereocenters. The molecule has 1 aromatic carbocycles. The minimum atomic E-state index is -0.100. The summed E-state index contributed by atoms with van der Waals surface area (Å²) in [6.45, 7) is 6.19. The molecule has 5 heteroatoms. The zero-order valence-electron chi connectivity index (χ0n) is 16.1. The highest BCUT2D eigenvalue weighted by Gasteiger charge is 2.59. The lowest BCUT2D eigenvalue weighted by atomic mass is 9.71. The molecule has 3 aliphatic rings. The minimum Gasteiger partial charge on any atom is -0.341 e. The number of hydrogen-bond acceptors (Lipinski definition) is 3. The van der Waals surface area contributed by atoms with E-state index in [9.17, 15) is 9.59 Å². The third-order valence-corrected chi connectivity index (χ3v) is 6.52. The quantitative estimate of drug-likeness (QED) is 0.829. The molecular weight excluding hydrogens is 326 g/mol. The Labute approximate surface area is 155 Å². The number of carbonyl (C=O) groups excluding carboxylic acids is 2. The van der Waals surface area contributed by atoms with Gasteiger partial charge < -0.3 is 14.7 Å². The first-order valence-electron chi connectivity index (χ1n) is 9.61. The number of carbonyl (C=O) groups is 2. The Bertz CT molecular complexity index is 705. The summed E-state index contributed by atoms with van der Waals surface area (Å²) in [7, 11) is 4.17. The highest BCUT2D eigenvalue weighted by Crippen LogP contribution is 2.51. The van der Waals surface area contributed by atoms with Crippen LogP contribution >= 0.6 is 0 Å². The summed E-state index contributed by atoms with van der Waals surface area (Å²) in [6, 6.07) is 9.54. The van der Waals surface area contributed by atoms with Crippen LogP contribution < -0.4 is 0 Å². The Kier molecular flexibility index (Phi) is 4.10. The third kappa shape index (κ3) is 2.92. The monoisotopic (exact) mass is 355 g/mol. The molecule has 2 aliphatic heterocycles. The summed E-state index contributed by atoms with van der Waals surface area (Å²) in [6.07, 6.45) is 2.05. The smallest absolute Gasteiger partial charge is 0.253 e. The Morgan fingerprint density at radius 1 is 1.08 bits per heavy atom. The number of hydrogen-bond donors (Lipinski definition) is 0. The molecular formula is C21H29N3O2. The average molecular weight is 355 g/mol. The summed E-state index contributed by atoms with van der Waals surface area (Å²) >= 11 is 0. The Hall–Kier alpha value is -1.88. The molecule has 0 aromatic heterocycles. The highest BCUT2D eigenvalue weighted by molar-refractivity contribution is 5.94. The van der Waals surface area contributed by atoms with Crippen molar-refractivity contribution < 1.29 is 9.59 Å². The molecule has 1 atom stereocenters. The molecule has 4 rings (SSSR count). The molecule has 2 amide bonds. The number of amides is 2. The van der Waals surface area contributed by atoms with E-state index in [0.29, 0.717) is 11.8 Å². The van der Waals surface area contributed by atoms with E-state index in [4.69, 9.17) is 0 Å². The van der Waals surface area contributed by atoms with Crippen molar-refractivity contribution in [3.05, 3.63) is 35.9 Å². The SMILES string of the molecule is CN(C)CC1CN(C(=O)c2ccccc2)CC12CN(C(=O)C1(C)CC1)C2. The maximum Gasteiger partial charge on any atom is 0.253 e. The van der Waals surface area contributed by atoms with Crippen LogP contribution in [0.3, 0.4) is 0 Å². The molecule has 2 saturated heterocycles. The second kappa shape index (κ2) is 6.08. The van der Waals surface area contributed by atoms with Crippen LogP contribution in [0.1, 0.15) is 30.1 Å². The lowest BCUT2D eigenvalue weighted by molar-refractivity contribution is -0.150. The van der Waals surface area contributed by atoms with E-state index in [1.54, 1.807) is 0 Å². The van der Waals surface area contributed by atoms with Gasteiger partial charge in [0.25, 0.3) is 5.91 Å². The summed E-state index contributed by atoms with van der Waals surface area (Å²) in [5, 5.41) is 0. The normalized spacial score (nSPS) is 25.5. The van der Waals surface area contributed by atoms with Crippen molar-refractivity contribution in [1.29, 1.82) is 0 Å². The van der Waals surface area contributed by atoms with Crippen LogP contribution in [0.15, 0.2) is 30.3 Å². The van der Waals surface area contributed by atoms with Gasteiger partial charge in [-0.05, 0) is 45.0 Å². The number of nitrogens with zero attached hydrogens (tertiary/aromatic N) is 3. The molecule has 0 radical (unpaired) electrons. The second-order valence-electron chi connectivity index (χ2n) is 9.10. The van der Waals surface area contributed by atoms with Crippen molar-refractivity contribution in [2.24, 2.45) is 16.7 Å². The molecule has 1 aliphatic carbocycles. The van der Waals surface area contributed by atoms with E-state index in [1.165, 1.54) is 0 Å². The summed E-state index contributed by atoms with van der Waals surface area (Å²) in [5.41, 5.74) is 0.720. The van der Waals surface area contributed by atoms with Gasteiger partial charge in [0, 0.05) is 49.1 Å². The number of likely N-dealkylation sites (tertiary alicyclic amines) is 2. The van der Waals surface area contributed by atoms with Crippen molar-refractivity contribution in [3.63, 3.8) is 0 Å². The maximum absolute atomic E-state index is 12.9.